The fourth-order valence-corrected chi connectivity index (χ4v) is 3.72. The van der Waals surface area contributed by atoms with Crippen molar-refractivity contribution >= 4 is 10.0 Å². The van der Waals surface area contributed by atoms with E-state index in [1.165, 1.54) is 6.42 Å². The highest BCUT2D eigenvalue weighted by molar-refractivity contribution is 7.89. The molecule has 0 aromatic heterocycles. The van der Waals surface area contributed by atoms with Crippen LogP contribution in [0.4, 0.5) is 0 Å². The van der Waals surface area contributed by atoms with Crippen molar-refractivity contribution in [3.8, 4) is 0 Å². The van der Waals surface area contributed by atoms with Crippen LogP contribution in [-0.4, -0.2) is 14.5 Å². The maximum atomic E-state index is 12.2. The third-order valence-corrected chi connectivity index (χ3v) is 4.89. The molecule has 0 atom stereocenters. The molecule has 1 fully saturated rings. The molecule has 0 unspecified atom stereocenters. The molecule has 3 N–H and O–H groups in total. The SMILES string of the molecule is NCc1cccc(S(=O)(=O)NC2CCCCC2)c1. The molecule has 100 valence electrons. The highest BCUT2D eigenvalue weighted by atomic mass is 32.2. The van der Waals surface area contributed by atoms with Crippen LogP contribution in [0.25, 0.3) is 0 Å². The van der Waals surface area contributed by atoms with Crippen LogP contribution in [0.3, 0.4) is 0 Å². The van der Waals surface area contributed by atoms with E-state index < -0.39 is 10.0 Å². The van der Waals surface area contributed by atoms with Crippen LogP contribution < -0.4 is 10.5 Å². The summed E-state index contributed by atoms with van der Waals surface area (Å²) in [4.78, 5) is 0.316. The van der Waals surface area contributed by atoms with Gasteiger partial charge in [0.1, 0.15) is 0 Å². The van der Waals surface area contributed by atoms with Crippen LogP contribution in [0.1, 0.15) is 37.7 Å². The first kappa shape index (κ1) is 13.5. The first-order valence-corrected chi connectivity index (χ1v) is 7.91. The number of benzene rings is 1. The molecule has 5 heteroatoms. The topological polar surface area (TPSA) is 72.2 Å². The van der Waals surface area contributed by atoms with E-state index in [0.29, 0.717) is 11.4 Å². The Morgan fingerprint density at radius 1 is 1.22 bits per heavy atom. The number of nitrogens with two attached hydrogens (primary N) is 1. The highest BCUT2D eigenvalue weighted by Gasteiger charge is 2.21. The molecule has 0 amide bonds. The molecule has 0 spiro atoms. The first-order chi connectivity index (χ1) is 8.62. The van der Waals surface area contributed by atoms with Crippen molar-refractivity contribution in [1.82, 2.24) is 4.72 Å². The minimum atomic E-state index is -3.40. The Balaban J connectivity index is 2.13. The predicted octanol–water partition coefficient (Wildman–Crippen LogP) is 1.76. The van der Waals surface area contributed by atoms with Crippen molar-refractivity contribution in [2.24, 2.45) is 5.73 Å². The fraction of sp³-hybridized carbons (Fsp3) is 0.538. The van der Waals surface area contributed by atoms with Gasteiger partial charge in [0.2, 0.25) is 10.0 Å². The third kappa shape index (κ3) is 3.31. The second kappa shape index (κ2) is 5.82. The Labute approximate surface area is 109 Å². The maximum absolute atomic E-state index is 12.2. The van der Waals surface area contributed by atoms with Crippen LogP contribution in [0.15, 0.2) is 29.2 Å². The molecule has 0 heterocycles. The van der Waals surface area contributed by atoms with Gasteiger partial charge in [0, 0.05) is 12.6 Å². The minimum Gasteiger partial charge on any atom is -0.326 e. The summed E-state index contributed by atoms with van der Waals surface area (Å²) >= 11 is 0. The van der Waals surface area contributed by atoms with Crippen LogP contribution in [-0.2, 0) is 16.6 Å². The Morgan fingerprint density at radius 3 is 2.61 bits per heavy atom. The number of nitrogens with one attached hydrogen (secondary N) is 1. The molecular formula is C13H20N2O2S. The lowest BCUT2D eigenvalue weighted by molar-refractivity contribution is 0.412. The van der Waals surface area contributed by atoms with Gasteiger partial charge in [-0.1, -0.05) is 31.4 Å². The van der Waals surface area contributed by atoms with Gasteiger partial charge in [-0.05, 0) is 30.5 Å². The summed E-state index contributed by atoms with van der Waals surface area (Å²) in [5.74, 6) is 0. The van der Waals surface area contributed by atoms with Crippen LogP contribution >= 0.6 is 0 Å². The van der Waals surface area contributed by atoms with Gasteiger partial charge in [-0.15, -0.1) is 0 Å². The predicted molar refractivity (Wildman–Crippen MR) is 71.5 cm³/mol. The number of hydrogen-bond acceptors (Lipinski definition) is 3. The maximum Gasteiger partial charge on any atom is 0.240 e. The molecule has 1 aliphatic rings. The van der Waals surface area contributed by atoms with E-state index in [-0.39, 0.29) is 6.04 Å². The van der Waals surface area contributed by atoms with Crippen molar-refractivity contribution in [3.05, 3.63) is 29.8 Å². The summed E-state index contributed by atoms with van der Waals surface area (Å²) in [6.07, 6.45) is 5.30. The average molecular weight is 268 g/mol. The smallest absolute Gasteiger partial charge is 0.240 e. The normalized spacial score (nSPS) is 17.8. The van der Waals surface area contributed by atoms with Crippen molar-refractivity contribution < 1.29 is 8.42 Å². The van der Waals surface area contributed by atoms with E-state index in [2.05, 4.69) is 4.72 Å². The van der Waals surface area contributed by atoms with Gasteiger partial charge in [0.25, 0.3) is 0 Å². The molecule has 0 aliphatic heterocycles. The van der Waals surface area contributed by atoms with Gasteiger partial charge in [-0.3, -0.25) is 0 Å². The van der Waals surface area contributed by atoms with E-state index in [1.807, 2.05) is 6.07 Å². The zero-order valence-electron chi connectivity index (χ0n) is 10.4. The molecule has 1 aromatic carbocycles. The monoisotopic (exact) mass is 268 g/mol. The van der Waals surface area contributed by atoms with Crippen molar-refractivity contribution in [2.75, 3.05) is 0 Å². The van der Waals surface area contributed by atoms with Crippen LogP contribution in [0, 0.1) is 0 Å². The van der Waals surface area contributed by atoms with Crippen LogP contribution in [0.2, 0.25) is 0 Å². The van der Waals surface area contributed by atoms with Crippen molar-refractivity contribution in [2.45, 2.75) is 49.6 Å². The quantitative estimate of drug-likeness (QED) is 0.874. The van der Waals surface area contributed by atoms with E-state index in [9.17, 15) is 8.42 Å². The number of hydrogen-bond donors (Lipinski definition) is 2. The third-order valence-electron chi connectivity index (χ3n) is 3.37. The van der Waals surface area contributed by atoms with Gasteiger partial charge in [-0.25, -0.2) is 13.1 Å². The zero-order chi connectivity index (χ0) is 13.0. The van der Waals surface area contributed by atoms with Gasteiger partial charge < -0.3 is 5.73 Å². The second-order valence-corrected chi connectivity index (χ2v) is 6.52. The molecule has 0 bridgehead atoms. The Bertz CT molecular complexity index is 493. The lowest BCUT2D eigenvalue weighted by atomic mass is 9.96. The van der Waals surface area contributed by atoms with Gasteiger partial charge in [-0.2, -0.15) is 0 Å². The lowest BCUT2D eigenvalue weighted by Crippen LogP contribution is -2.36. The summed E-state index contributed by atoms with van der Waals surface area (Å²) in [6.45, 7) is 0.354. The summed E-state index contributed by atoms with van der Waals surface area (Å²) in [5, 5.41) is 0. The summed E-state index contributed by atoms with van der Waals surface area (Å²) in [7, 11) is -3.40. The molecule has 4 nitrogen and oxygen atoms in total. The van der Waals surface area contributed by atoms with Crippen molar-refractivity contribution in [1.29, 1.82) is 0 Å². The average Bonchev–Trinajstić information content (AvgIpc) is 2.39. The van der Waals surface area contributed by atoms with E-state index in [4.69, 9.17) is 5.73 Å². The minimum absolute atomic E-state index is 0.0882. The number of sulfonamides is 1. The zero-order valence-corrected chi connectivity index (χ0v) is 11.2. The molecule has 1 aromatic rings. The molecule has 18 heavy (non-hydrogen) atoms. The largest absolute Gasteiger partial charge is 0.326 e. The standard InChI is InChI=1S/C13H20N2O2S/c14-10-11-5-4-8-13(9-11)18(16,17)15-12-6-2-1-3-7-12/h4-5,8-9,12,15H,1-3,6-7,10,14H2. The van der Waals surface area contributed by atoms with Gasteiger partial charge in [0.15, 0.2) is 0 Å². The summed E-state index contributed by atoms with van der Waals surface area (Å²) in [5.41, 5.74) is 6.37. The van der Waals surface area contributed by atoms with E-state index >= 15 is 0 Å². The molecule has 1 saturated carbocycles. The Kier molecular flexibility index (Phi) is 4.37. The summed E-state index contributed by atoms with van der Waals surface area (Å²) < 4.78 is 27.2. The molecule has 0 saturated heterocycles. The number of rotatable bonds is 4. The second-order valence-electron chi connectivity index (χ2n) is 4.81. The lowest BCUT2D eigenvalue weighted by Gasteiger charge is -2.22. The molecule has 0 radical (unpaired) electrons. The fourth-order valence-electron chi connectivity index (χ4n) is 2.35. The highest BCUT2D eigenvalue weighted by Crippen LogP contribution is 2.20. The van der Waals surface area contributed by atoms with E-state index in [0.717, 1.165) is 31.2 Å². The Morgan fingerprint density at radius 2 is 1.94 bits per heavy atom. The Hall–Kier alpha value is -0.910. The van der Waals surface area contributed by atoms with Crippen molar-refractivity contribution in [3.63, 3.8) is 0 Å². The van der Waals surface area contributed by atoms with Crippen LogP contribution in [0.5, 0.6) is 0 Å². The summed E-state index contributed by atoms with van der Waals surface area (Å²) in [6, 6.07) is 6.91. The molecular weight excluding hydrogens is 248 g/mol. The first-order valence-electron chi connectivity index (χ1n) is 6.43. The van der Waals surface area contributed by atoms with E-state index in [1.54, 1.807) is 18.2 Å². The van der Waals surface area contributed by atoms with Gasteiger partial charge >= 0.3 is 0 Å². The molecule has 2 rings (SSSR count). The van der Waals surface area contributed by atoms with Gasteiger partial charge in [0.05, 0.1) is 4.90 Å². The molecule has 1 aliphatic carbocycles.